The van der Waals surface area contributed by atoms with E-state index in [1.54, 1.807) is 20.1 Å². The Morgan fingerprint density at radius 1 is 1.06 bits per heavy atom. The first-order valence-corrected chi connectivity index (χ1v) is 11.7. The van der Waals surface area contributed by atoms with Crippen LogP contribution in [0.3, 0.4) is 0 Å². The number of aromatic nitrogens is 2. The van der Waals surface area contributed by atoms with Gasteiger partial charge in [-0.25, -0.2) is 9.97 Å². The molecular weight excluding hydrogens is 464 g/mol. The monoisotopic (exact) mass is 492 g/mol. The molecule has 0 aliphatic rings. The number of amides is 1. The molecule has 4 N–H and O–H groups in total. The summed E-state index contributed by atoms with van der Waals surface area (Å²) in [5, 5.41) is 12.8. The molecule has 4 rings (SSSR count). The average Bonchev–Trinajstić information content (AvgIpc) is 3.27. The molecule has 35 heavy (non-hydrogen) atoms. The number of aryl methyl sites for hydroxylation is 2. The predicted molar refractivity (Wildman–Crippen MR) is 139 cm³/mol. The normalized spacial score (nSPS) is 10.2. The number of anilines is 2. The summed E-state index contributed by atoms with van der Waals surface area (Å²) in [6.07, 6.45) is 1.50. The first-order valence-electron chi connectivity index (χ1n) is 10.9. The van der Waals surface area contributed by atoms with E-state index in [1.165, 1.54) is 23.6 Å². The number of aliphatic hydroxyl groups is 1. The van der Waals surface area contributed by atoms with Crippen LogP contribution in [-0.2, 0) is 0 Å². The highest BCUT2D eigenvalue weighted by Crippen LogP contribution is 2.34. The third-order valence-electron chi connectivity index (χ3n) is 4.83. The van der Waals surface area contributed by atoms with Crippen molar-refractivity contribution in [1.29, 1.82) is 0 Å². The van der Waals surface area contributed by atoms with E-state index in [4.69, 9.17) is 20.3 Å². The Labute approximate surface area is 208 Å². The minimum atomic E-state index is -0.281. The van der Waals surface area contributed by atoms with Gasteiger partial charge < -0.3 is 20.3 Å². The third kappa shape index (κ3) is 6.78. The number of methoxy groups -OCH3 is 1. The van der Waals surface area contributed by atoms with Gasteiger partial charge in [-0.05, 0) is 80.4 Å². The Bertz CT molecular complexity index is 1270. The highest BCUT2D eigenvalue weighted by atomic mass is 32.1. The fourth-order valence-corrected chi connectivity index (χ4v) is 4.07. The lowest BCUT2D eigenvalue weighted by Gasteiger charge is -2.12. The molecule has 0 atom stereocenters. The molecule has 0 saturated heterocycles. The van der Waals surface area contributed by atoms with Crippen molar-refractivity contribution in [3.05, 3.63) is 76.8 Å². The molecule has 0 radical (unpaired) electrons. The number of benzene rings is 2. The fraction of sp³-hybridized carbons (Fsp3) is 0.192. The molecule has 182 valence electrons. The van der Waals surface area contributed by atoms with E-state index in [2.05, 4.69) is 15.3 Å². The molecule has 0 aliphatic carbocycles. The lowest BCUT2D eigenvalue weighted by atomic mass is 10.0. The molecular formula is C26H28N4O4S. The second kappa shape index (κ2) is 12.0. The van der Waals surface area contributed by atoms with Gasteiger partial charge in [0.2, 0.25) is 0 Å². The number of nitrogens with zero attached hydrogens (tertiary/aromatic N) is 2. The number of thiazole rings is 1. The van der Waals surface area contributed by atoms with Gasteiger partial charge in [-0.1, -0.05) is 0 Å². The number of nitrogen functional groups attached to an aromatic ring is 1. The van der Waals surface area contributed by atoms with Crippen LogP contribution in [0.2, 0.25) is 0 Å². The van der Waals surface area contributed by atoms with Gasteiger partial charge in [0.15, 0.2) is 5.13 Å². The number of hydrogen-bond acceptors (Lipinski definition) is 8. The number of nitrogens with two attached hydrogens (primary N) is 1. The topological polar surface area (TPSA) is 120 Å². The lowest BCUT2D eigenvalue weighted by Crippen LogP contribution is -2.12. The minimum Gasteiger partial charge on any atom is -0.497 e. The Hall–Kier alpha value is -3.95. The second-order valence-corrected chi connectivity index (χ2v) is 8.35. The molecule has 1 amide bonds. The van der Waals surface area contributed by atoms with Crippen molar-refractivity contribution in [1.82, 2.24) is 9.97 Å². The fourth-order valence-electron chi connectivity index (χ4n) is 3.37. The Morgan fingerprint density at radius 3 is 2.29 bits per heavy atom. The van der Waals surface area contributed by atoms with Crippen molar-refractivity contribution in [2.75, 3.05) is 24.8 Å². The van der Waals surface area contributed by atoms with Crippen molar-refractivity contribution in [3.8, 4) is 28.5 Å². The molecule has 2 aromatic carbocycles. The van der Waals surface area contributed by atoms with Crippen LogP contribution < -0.4 is 20.5 Å². The van der Waals surface area contributed by atoms with Crippen LogP contribution in [0.5, 0.6) is 17.2 Å². The van der Waals surface area contributed by atoms with Crippen molar-refractivity contribution < 1.29 is 19.4 Å². The molecule has 0 aliphatic heterocycles. The zero-order chi connectivity index (χ0) is 25.4. The maximum Gasteiger partial charge on any atom is 0.257 e. The van der Waals surface area contributed by atoms with Crippen LogP contribution in [0.25, 0.3) is 11.3 Å². The Morgan fingerprint density at radius 2 is 1.69 bits per heavy atom. The van der Waals surface area contributed by atoms with Gasteiger partial charge >= 0.3 is 0 Å². The summed E-state index contributed by atoms with van der Waals surface area (Å²) in [5.41, 5.74) is 9.95. The SMILES string of the molecule is CCO.COc1ccc(Oc2cc(C)c(-c3csc(NC(=O)c4ccnc(N)c4)n3)c(C)c2)cc1. The van der Waals surface area contributed by atoms with Gasteiger partial charge in [-0.2, -0.15) is 0 Å². The molecule has 0 bridgehead atoms. The van der Waals surface area contributed by atoms with Crippen LogP contribution in [0.4, 0.5) is 10.9 Å². The quantitative estimate of drug-likeness (QED) is 0.327. The van der Waals surface area contributed by atoms with Gasteiger partial charge in [0, 0.05) is 29.3 Å². The number of nitrogens with one attached hydrogen (secondary N) is 1. The van der Waals surface area contributed by atoms with E-state index in [0.29, 0.717) is 16.5 Å². The number of carbonyl (C=O) groups excluding carboxylic acids is 1. The third-order valence-corrected chi connectivity index (χ3v) is 5.58. The standard InChI is InChI=1S/C24H22N4O3S.C2H6O/c1-14-10-19(31-18-6-4-17(30-3)5-7-18)11-15(2)22(14)20-13-32-24(27-20)28-23(29)16-8-9-26-21(25)12-16;1-2-3/h4-13H,1-3H3,(H2,25,26)(H,27,28,29);3H,2H2,1H3. The maximum atomic E-state index is 12.5. The summed E-state index contributed by atoms with van der Waals surface area (Å²) in [6.45, 7) is 5.96. The van der Waals surface area contributed by atoms with E-state index in [-0.39, 0.29) is 12.5 Å². The van der Waals surface area contributed by atoms with Crippen LogP contribution in [0, 0.1) is 13.8 Å². The summed E-state index contributed by atoms with van der Waals surface area (Å²) in [6, 6.07) is 14.5. The van der Waals surface area contributed by atoms with E-state index in [0.717, 1.165) is 39.6 Å². The minimum absolute atomic E-state index is 0.250. The van der Waals surface area contributed by atoms with E-state index < -0.39 is 0 Å². The van der Waals surface area contributed by atoms with Crippen molar-refractivity contribution in [3.63, 3.8) is 0 Å². The van der Waals surface area contributed by atoms with Crippen molar-refractivity contribution >= 4 is 28.2 Å². The first kappa shape index (κ1) is 25.7. The number of rotatable bonds is 6. The van der Waals surface area contributed by atoms with E-state index in [1.807, 2.05) is 55.6 Å². The summed E-state index contributed by atoms with van der Waals surface area (Å²) >= 11 is 1.37. The number of aliphatic hydroxyl groups excluding tert-OH is 1. The molecule has 2 heterocycles. The van der Waals surface area contributed by atoms with Crippen molar-refractivity contribution in [2.24, 2.45) is 0 Å². The summed E-state index contributed by atoms with van der Waals surface area (Å²) < 4.78 is 11.2. The Balaban J connectivity index is 0.00000108. The van der Waals surface area contributed by atoms with Crippen LogP contribution >= 0.6 is 11.3 Å². The smallest absolute Gasteiger partial charge is 0.257 e. The number of pyridine rings is 1. The number of ether oxygens (including phenoxy) is 2. The molecule has 2 aromatic heterocycles. The maximum absolute atomic E-state index is 12.5. The lowest BCUT2D eigenvalue weighted by molar-refractivity contribution is 0.102. The molecule has 4 aromatic rings. The Kier molecular flexibility index (Phi) is 8.77. The van der Waals surface area contributed by atoms with E-state index in [9.17, 15) is 4.79 Å². The first-order chi connectivity index (χ1) is 16.8. The number of carbonyl (C=O) groups is 1. The molecule has 0 spiro atoms. The van der Waals surface area contributed by atoms with Crippen LogP contribution in [-0.4, -0.2) is 34.7 Å². The van der Waals surface area contributed by atoms with Gasteiger partial charge in [0.25, 0.3) is 5.91 Å². The van der Waals surface area contributed by atoms with Gasteiger partial charge in [-0.15, -0.1) is 11.3 Å². The highest BCUT2D eigenvalue weighted by Gasteiger charge is 2.14. The van der Waals surface area contributed by atoms with Gasteiger partial charge in [0.1, 0.15) is 23.1 Å². The molecule has 0 unspecified atom stereocenters. The highest BCUT2D eigenvalue weighted by molar-refractivity contribution is 7.14. The molecule has 0 fully saturated rings. The van der Waals surface area contributed by atoms with Crippen LogP contribution in [0.15, 0.2) is 60.1 Å². The van der Waals surface area contributed by atoms with Gasteiger partial charge in [-0.3, -0.25) is 10.1 Å². The predicted octanol–water partition coefficient (Wildman–Crippen LogP) is 5.46. The van der Waals surface area contributed by atoms with E-state index >= 15 is 0 Å². The second-order valence-electron chi connectivity index (χ2n) is 7.49. The summed E-state index contributed by atoms with van der Waals surface area (Å²) in [5.74, 6) is 2.26. The van der Waals surface area contributed by atoms with Gasteiger partial charge in [0.05, 0.1) is 12.8 Å². The summed E-state index contributed by atoms with van der Waals surface area (Å²) in [4.78, 5) is 21.0. The molecule has 0 saturated carbocycles. The zero-order valence-corrected chi connectivity index (χ0v) is 20.8. The summed E-state index contributed by atoms with van der Waals surface area (Å²) in [7, 11) is 1.63. The average molecular weight is 493 g/mol. The molecule has 8 nitrogen and oxygen atoms in total. The van der Waals surface area contributed by atoms with Crippen LogP contribution in [0.1, 0.15) is 28.4 Å². The largest absolute Gasteiger partial charge is 0.497 e. The number of hydrogen-bond donors (Lipinski definition) is 3. The molecule has 9 heteroatoms. The van der Waals surface area contributed by atoms with Crippen molar-refractivity contribution in [2.45, 2.75) is 20.8 Å². The zero-order valence-electron chi connectivity index (χ0n) is 20.0.